The van der Waals surface area contributed by atoms with Gasteiger partial charge in [-0.2, -0.15) is 0 Å². The molecule has 0 aromatic carbocycles. The van der Waals surface area contributed by atoms with Crippen molar-refractivity contribution in [2.75, 3.05) is 18.0 Å². The highest BCUT2D eigenvalue weighted by atomic mass is 16.3. The number of piperidine rings is 1. The van der Waals surface area contributed by atoms with Crippen molar-refractivity contribution in [3.63, 3.8) is 0 Å². The van der Waals surface area contributed by atoms with E-state index in [1.165, 1.54) is 6.42 Å². The van der Waals surface area contributed by atoms with Crippen LogP contribution in [-0.2, 0) is 13.6 Å². The molecule has 2 unspecified atom stereocenters. The zero-order valence-corrected chi connectivity index (χ0v) is 14.4. The number of nitrogens with zero attached hydrogens (tertiary/aromatic N) is 7. The van der Waals surface area contributed by atoms with Crippen molar-refractivity contribution in [3.05, 3.63) is 6.20 Å². The van der Waals surface area contributed by atoms with E-state index in [9.17, 15) is 5.11 Å². The lowest BCUT2D eigenvalue weighted by Crippen LogP contribution is -2.53. The fourth-order valence-electron chi connectivity index (χ4n) is 4.21. The van der Waals surface area contributed by atoms with Crippen LogP contribution >= 0.6 is 0 Å². The molecular weight excluding hydrogens is 306 g/mol. The summed E-state index contributed by atoms with van der Waals surface area (Å²) >= 11 is 0. The number of hydrogen-bond donors (Lipinski definition) is 1. The summed E-state index contributed by atoms with van der Waals surface area (Å²) in [5, 5.41) is 27.8. The highest BCUT2D eigenvalue weighted by Gasteiger charge is 2.43. The van der Waals surface area contributed by atoms with E-state index >= 15 is 0 Å². The lowest BCUT2D eigenvalue weighted by atomic mass is 9.71. The van der Waals surface area contributed by atoms with Gasteiger partial charge in [0.05, 0.1) is 11.8 Å². The Bertz CT molecular complexity index is 724. The van der Waals surface area contributed by atoms with Crippen molar-refractivity contribution in [2.24, 2.45) is 13.0 Å². The van der Waals surface area contributed by atoms with Gasteiger partial charge in [0.2, 0.25) is 5.95 Å². The van der Waals surface area contributed by atoms with Crippen LogP contribution in [0.2, 0.25) is 0 Å². The van der Waals surface area contributed by atoms with Crippen LogP contribution < -0.4 is 4.90 Å². The Morgan fingerprint density at radius 1 is 1.25 bits per heavy atom. The Morgan fingerprint density at radius 3 is 2.88 bits per heavy atom. The van der Waals surface area contributed by atoms with Crippen molar-refractivity contribution in [1.82, 2.24) is 29.8 Å². The average molecular weight is 331 g/mol. The second-order valence-corrected chi connectivity index (χ2v) is 7.09. The topological polar surface area (TPSA) is 84.9 Å². The summed E-state index contributed by atoms with van der Waals surface area (Å²) < 4.78 is 3.77. The van der Waals surface area contributed by atoms with Gasteiger partial charge in [-0.25, -0.2) is 0 Å². The minimum atomic E-state index is -0.473. The van der Waals surface area contributed by atoms with Crippen LogP contribution in [-0.4, -0.2) is 53.6 Å². The zero-order chi connectivity index (χ0) is 16.7. The number of aliphatic hydroxyl groups is 1. The molecule has 2 aliphatic rings. The minimum absolute atomic E-state index is 0.335. The fraction of sp³-hybridized carbons (Fsp3) is 0.750. The monoisotopic (exact) mass is 331 g/mol. The number of rotatable bonds is 3. The molecule has 2 aromatic rings. The first kappa shape index (κ1) is 15.6. The number of anilines is 1. The quantitative estimate of drug-likeness (QED) is 0.910. The van der Waals surface area contributed by atoms with Gasteiger partial charge in [0.1, 0.15) is 0 Å². The van der Waals surface area contributed by atoms with E-state index in [2.05, 4.69) is 36.9 Å². The first-order valence-corrected chi connectivity index (χ1v) is 8.88. The molecule has 2 aromatic heterocycles. The maximum absolute atomic E-state index is 10.9. The van der Waals surface area contributed by atoms with Crippen molar-refractivity contribution < 1.29 is 5.11 Å². The summed E-state index contributed by atoms with van der Waals surface area (Å²) in [4.78, 5) is 2.28. The van der Waals surface area contributed by atoms with Crippen molar-refractivity contribution in [2.45, 2.75) is 51.2 Å². The zero-order valence-electron chi connectivity index (χ0n) is 14.4. The maximum Gasteiger partial charge on any atom is 0.227 e. The van der Waals surface area contributed by atoms with E-state index in [0.29, 0.717) is 5.92 Å². The van der Waals surface area contributed by atoms with Crippen LogP contribution in [0.15, 0.2) is 6.20 Å². The lowest BCUT2D eigenvalue weighted by Gasteiger charge is -2.47. The third-order valence-corrected chi connectivity index (χ3v) is 5.59. The van der Waals surface area contributed by atoms with E-state index in [1.54, 1.807) is 4.68 Å². The second-order valence-electron chi connectivity index (χ2n) is 7.09. The van der Waals surface area contributed by atoms with Gasteiger partial charge in [0.15, 0.2) is 11.5 Å². The van der Waals surface area contributed by atoms with Crippen molar-refractivity contribution in [1.29, 1.82) is 0 Å². The highest BCUT2D eigenvalue weighted by molar-refractivity contribution is 5.51. The summed E-state index contributed by atoms with van der Waals surface area (Å²) in [6.07, 6.45) is 7.08. The molecule has 0 spiro atoms. The van der Waals surface area contributed by atoms with Crippen LogP contribution in [0.3, 0.4) is 0 Å². The van der Waals surface area contributed by atoms with Crippen LogP contribution in [0.5, 0.6) is 0 Å². The number of aryl methyl sites for hydroxylation is 1. The smallest absolute Gasteiger partial charge is 0.227 e. The van der Waals surface area contributed by atoms with Crippen molar-refractivity contribution in [3.8, 4) is 11.5 Å². The number of hydrogen-bond acceptors (Lipinski definition) is 6. The fourth-order valence-corrected chi connectivity index (χ4v) is 4.21. The molecule has 0 bridgehead atoms. The molecule has 1 saturated carbocycles. The molecule has 8 nitrogen and oxygen atoms in total. The molecule has 8 heteroatoms. The van der Waals surface area contributed by atoms with E-state index < -0.39 is 5.60 Å². The van der Waals surface area contributed by atoms with Crippen molar-refractivity contribution >= 4 is 5.95 Å². The Balaban J connectivity index is 1.62. The van der Waals surface area contributed by atoms with Gasteiger partial charge in [-0.05, 0) is 26.2 Å². The first-order chi connectivity index (χ1) is 11.6. The standard InChI is InChI=1S/C16H25N7O/c1-3-23-14(13-11-21(2)20-17-13)18-19-15(23)22-9-8-16(24)7-5-4-6-12(16)10-22/h11-12,24H,3-10H2,1-2H3. The average Bonchev–Trinajstić information content (AvgIpc) is 3.19. The summed E-state index contributed by atoms with van der Waals surface area (Å²) in [6.45, 7) is 4.55. The molecule has 130 valence electrons. The van der Waals surface area contributed by atoms with Gasteiger partial charge >= 0.3 is 0 Å². The molecule has 2 fully saturated rings. The molecule has 24 heavy (non-hydrogen) atoms. The minimum Gasteiger partial charge on any atom is -0.389 e. The molecule has 0 amide bonds. The predicted molar refractivity (Wildman–Crippen MR) is 89.4 cm³/mol. The van der Waals surface area contributed by atoms with Crippen LogP contribution in [0.4, 0.5) is 5.95 Å². The van der Waals surface area contributed by atoms with Gasteiger partial charge in [-0.15, -0.1) is 15.3 Å². The largest absolute Gasteiger partial charge is 0.389 e. The van der Waals surface area contributed by atoms with Gasteiger partial charge in [-0.1, -0.05) is 18.1 Å². The van der Waals surface area contributed by atoms with Gasteiger partial charge < -0.3 is 10.0 Å². The molecule has 0 radical (unpaired) electrons. The summed E-state index contributed by atoms with van der Waals surface area (Å²) in [5.74, 6) is 1.97. The third kappa shape index (κ3) is 2.49. The van der Waals surface area contributed by atoms with E-state index in [0.717, 1.165) is 62.8 Å². The lowest BCUT2D eigenvalue weighted by molar-refractivity contribution is -0.0615. The summed E-state index contributed by atoms with van der Waals surface area (Å²) in [6, 6.07) is 0. The van der Waals surface area contributed by atoms with Gasteiger partial charge in [0.25, 0.3) is 0 Å². The molecule has 1 aliphatic carbocycles. The van der Waals surface area contributed by atoms with E-state index in [1.807, 2.05) is 13.2 Å². The SMILES string of the molecule is CCn1c(-c2cn(C)nn2)nnc1N1CCC2(O)CCCCC2C1. The molecule has 1 aliphatic heterocycles. The Kier molecular flexibility index (Phi) is 3.79. The van der Waals surface area contributed by atoms with E-state index in [4.69, 9.17) is 0 Å². The molecule has 1 N–H and O–H groups in total. The van der Waals surface area contributed by atoms with E-state index in [-0.39, 0.29) is 0 Å². The first-order valence-electron chi connectivity index (χ1n) is 8.88. The summed E-state index contributed by atoms with van der Waals surface area (Å²) in [5.41, 5.74) is 0.267. The van der Waals surface area contributed by atoms with Gasteiger partial charge in [0, 0.05) is 32.6 Å². The molecule has 3 heterocycles. The van der Waals surface area contributed by atoms with Crippen LogP contribution in [0.1, 0.15) is 39.0 Å². The number of aromatic nitrogens is 6. The van der Waals surface area contributed by atoms with Gasteiger partial charge in [-0.3, -0.25) is 9.25 Å². The molecule has 2 atom stereocenters. The highest BCUT2D eigenvalue weighted by Crippen LogP contribution is 2.40. The Morgan fingerprint density at radius 2 is 2.12 bits per heavy atom. The number of fused-ring (bicyclic) bond motifs is 1. The van der Waals surface area contributed by atoms with Crippen LogP contribution in [0.25, 0.3) is 11.5 Å². The third-order valence-electron chi connectivity index (χ3n) is 5.59. The summed E-state index contributed by atoms with van der Waals surface area (Å²) in [7, 11) is 1.85. The molecule has 4 rings (SSSR count). The predicted octanol–water partition coefficient (Wildman–Crippen LogP) is 1.22. The molecule has 1 saturated heterocycles. The maximum atomic E-state index is 10.9. The second kappa shape index (κ2) is 5.84. The molecular formula is C16H25N7O. The normalized spacial score (nSPS) is 27.3. The Hall–Kier alpha value is -1.96. The Labute approximate surface area is 141 Å². The van der Waals surface area contributed by atoms with Crippen LogP contribution in [0, 0.1) is 5.92 Å².